The molecular formula is C24H31N3O2. The van der Waals surface area contributed by atoms with Crippen LogP contribution in [0.2, 0.25) is 0 Å². The molecule has 0 spiro atoms. The van der Waals surface area contributed by atoms with E-state index in [0.717, 1.165) is 61.7 Å². The smallest absolute Gasteiger partial charge is 0.254 e. The molecule has 2 fully saturated rings. The summed E-state index contributed by atoms with van der Waals surface area (Å²) >= 11 is 0. The summed E-state index contributed by atoms with van der Waals surface area (Å²) in [5.74, 6) is 0.210. The van der Waals surface area contributed by atoms with Gasteiger partial charge in [-0.2, -0.15) is 0 Å². The van der Waals surface area contributed by atoms with Gasteiger partial charge in [0.1, 0.15) is 0 Å². The minimum absolute atomic E-state index is 0.0469. The van der Waals surface area contributed by atoms with Crippen LogP contribution in [0.5, 0.6) is 0 Å². The molecular weight excluding hydrogens is 362 g/mol. The molecule has 2 saturated heterocycles. The predicted octanol–water partition coefficient (Wildman–Crippen LogP) is 3.24. The van der Waals surface area contributed by atoms with Gasteiger partial charge in [-0.05, 0) is 56.6 Å². The lowest BCUT2D eigenvalue weighted by Crippen LogP contribution is -2.50. The molecule has 1 unspecified atom stereocenters. The average Bonchev–Trinajstić information content (AvgIpc) is 2.78. The second kappa shape index (κ2) is 8.54. The quantitative estimate of drug-likeness (QED) is 0.804. The zero-order chi connectivity index (χ0) is 20.4. The van der Waals surface area contributed by atoms with Gasteiger partial charge in [0, 0.05) is 37.8 Å². The summed E-state index contributed by atoms with van der Waals surface area (Å²) in [5, 5.41) is 2.06. The van der Waals surface area contributed by atoms with Crippen LogP contribution in [0.1, 0.15) is 36.0 Å². The van der Waals surface area contributed by atoms with Crippen LogP contribution in [0.4, 0.5) is 0 Å². The topological polar surface area (TPSA) is 43.9 Å². The van der Waals surface area contributed by atoms with Crippen LogP contribution in [0.15, 0.2) is 42.5 Å². The van der Waals surface area contributed by atoms with Gasteiger partial charge in [-0.25, -0.2) is 0 Å². The van der Waals surface area contributed by atoms with Gasteiger partial charge < -0.3 is 14.7 Å². The highest BCUT2D eigenvalue weighted by molar-refractivity contribution is 6.07. The first-order valence-corrected chi connectivity index (χ1v) is 10.8. The summed E-state index contributed by atoms with van der Waals surface area (Å²) in [6, 6.07) is 14.4. The van der Waals surface area contributed by atoms with Crippen molar-refractivity contribution in [2.24, 2.45) is 5.92 Å². The number of carbonyl (C=O) groups is 2. The van der Waals surface area contributed by atoms with Crippen LogP contribution in [0, 0.1) is 5.92 Å². The maximum atomic E-state index is 13.3. The lowest BCUT2D eigenvalue weighted by Gasteiger charge is -2.39. The molecule has 0 bridgehead atoms. The second-order valence-corrected chi connectivity index (χ2v) is 8.64. The number of rotatable bonds is 3. The van der Waals surface area contributed by atoms with Crippen molar-refractivity contribution in [3.63, 3.8) is 0 Å². The van der Waals surface area contributed by atoms with Gasteiger partial charge in [0.25, 0.3) is 5.91 Å². The van der Waals surface area contributed by atoms with E-state index in [1.165, 1.54) is 0 Å². The van der Waals surface area contributed by atoms with Crippen LogP contribution < -0.4 is 0 Å². The van der Waals surface area contributed by atoms with Gasteiger partial charge in [-0.15, -0.1) is 0 Å². The van der Waals surface area contributed by atoms with E-state index in [2.05, 4.69) is 19.0 Å². The van der Waals surface area contributed by atoms with Crippen molar-refractivity contribution in [2.45, 2.75) is 31.7 Å². The summed E-state index contributed by atoms with van der Waals surface area (Å²) in [6.45, 7) is 2.92. The molecule has 29 heavy (non-hydrogen) atoms. The number of carbonyl (C=O) groups excluding carboxylic acids is 2. The number of hydrogen-bond acceptors (Lipinski definition) is 3. The maximum Gasteiger partial charge on any atom is 0.254 e. The Morgan fingerprint density at radius 1 is 0.897 bits per heavy atom. The predicted molar refractivity (Wildman–Crippen MR) is 116 cm³/mol. The molecule has 5 nitrogen and oxygen atoms in total. The van der Waals surface area contributed by atoms with Gasteiger partial charge in [-0.1, -0.05) is 36.4 Å². The van der Waals surface area contributed by atoms with Crippen molar-refractivity contribution in [2.75, 3.05) is 40.3 Å². The molecule has 0 saturated carbocycles. The number of nitrogens with zero attached hydrogens (tertiary/aromatic N) is 3. The lowest BCUT2D eigenvalue weighted by atomic mass is 9.93. The highest BCUT2D eigenvalue weighted by Gasteiger charge is 2.33. The molecule has 2 aliphatic rings. The van der Waals surface area contributed by atoms with Gasteiger partial charge >= 0.3 is 0 Å². The number of hydrogen-bond donors (Lipinski definition) is 0. The Morgan fingerprint density at radius 2 is 1.62 bits per heavy atom. The van der Waals surface area contributed by atoms with Crippen LogP contribution in [-0.4, -0.2) is 72.8 Å². The zero-order valence-corrected chi connectivity index (χ0v) is 17.5. The van der Waals surface area contributed by atoms with Crippen molar-refractivity contribution in [3.8, 4) is 0 Å². The van der Waals surface area contributed by atoms with Crippen molar-refractivity contribution in [3.05, 3.63) is 48.0 Å². The number of likely N-dealkylation sites (tertiary alicyclic amines) is 2. The Morgan fingerprint density at radius 3 is 2.38 bits per heavy atom. The monoisotopic (exact) mass is 393 g/mol. The lowest BCUT2D eigenvalue weighted by molar-refractivity contribution is -0.138. The maximum absolute atomic E-state index is 13.3. The van der Waals surface area contributed by atoms with Crippen molar-refractivity contribution < 1.29 is 9.59 Å². The SMILES string of the molecule is CN(C)C1CCN(C(=O)C2CCCN(C(=O)c3cccc4ccccc34)C2)CC1. The standard InChI is InChI=1S/C24H31N3O2/c1-25(2)20-12-15-26(16-13-20)23(28)19-9-6-14-27(17-19)24(29)22-11-5-8-18-7-3-4-10-21(18)22/h3-5,7-8,10-11,19-20H,6,9,12-17H2,1-2H3. The molecule has 0 N–H and O–H groups in total. The molecule has 2 heterocycles. The number of amides is 2. The fourth-order valence-electron chi connectivity index (χ4n) is 4.81. The van der Waals surface area contributed by atoms with E-state index in [4.69, 9.17) is 0 Å². The molecule has 154 valence electrons. The van der Waals surface area contributed by atoms with Gasteiger partial charge in [-0.3, -0.25) is 9.59 Å². The van der Waals surface area contributed by atoms with E-state index in [1.54, 1.807) is 0 Å². The average molecular weight is 394 g/mol. The highest BCUT2D eigenvalue weighted by atomic mass is 16.2. The largest absolute Gasteiger partial charge is 0.342 e. The molecule has 0 aliphatic carbocycles. The van der Waals surface area contributed by atoms with Crippen LogP contribution in [0.25, 0.3) is 10.8 Å². The van der Waals surface area contributed by atoms with Crippen LogP contribution >= 0.6 is 0 Å². The Labute approximate surface area is 173 Å². The third-order valence-corrected chi connectivity index (χ3v) is 6.58. The number of fused-ring (bicyclic) bond motifs is 1. The molecule has 0 aromatic heterocycles. The molecule has 4 rings (SSSR count). The van der Waals surface area contributed by atoms with E-state index in [1.807, 2.05) is 52.3 Å². The first-order valence-electron chi connectivity index (χ1n) is 10.8. The Hall–Kier alpha value is -2.40. The summed E-state index contributed by atoms with van der Waals surface area (Å²) in [6.07, 6.45) is 3.83. The molecule has 5 heteroatoms. The summed E-state index contributed by atoms with van der Waals surface area (Å²) in [7, 11) is 4.22. The summed E-state index contributed by atoms with van der Waals surface area (Å²) < 4.78 is 0. The van der Waals surface area contributed by atoms with Gasteiger partial charge in [0.2, 0.25) is 5.91 Å². The third kappa shape index (κ3) is 4.15. The summed E-state index contributed by atoms with van der Waals surface area (Å²) in [4.78, 5) is 32.6. The molecule has 2 aromatic rings. The first kappa shape index (κ1) is 19.9. The molecule has 0 radical (unpaired) electrons. The van der Waals surface area contributed by atoms with E-state index in [-0.39, 0.29) is 17.7 Å². The Bertz CT molecular complexity index is 881. The number of piperidine rings is 2. The fourth-order valence-corrected chi connectivity index (χ4v) is 4.81. The second-order valence-electron chi connectivity index (χ2n) is 8.64. The van der Waals surface area contributed by atoms with E-state index >= 15 is 0 Å². The molecule has 2 aromatic carbocycles. The van der Waals surface area contributed by atoms with Crippen LogP contribution in [0.3, 0.4) is 0 Å². The number of benzene rings is 2. The minimum Gasteiger partial charge on any atom is -0.342 e. The van der Waals surface area contributed by atoms with Crippen LogP contribution in [-0.2, 0) is 4.79 Å². The van der Waals surface area contributed by atoms with Crippen molar-refractivity contribution in [1.82, 2.24) is 14.7 Å². The van der Waals surface area contributed by atoms with E-state index in [0.29, 0.717) is 12.6 Å². The summed E-state index contributed by atoms with van der Waals surface area (Å²) in [5.41, 5.74) is 0.739. The van der Waals surface area contributed by atoms with Gasteiger partial charge in [0.15, 0.2) is 0 Å². The normalized spacial score (nSPS) is 21.0. The van der Waals surface area contributed by atoms with E-state index < -0.39 is 0 Å². The third-order valence-electron chi connectivity index (χ3n) is 6.58. The highest BCUT2D eigenvalue weighted by Crippen LogP contribution is 2.25. The molecule has 1 atom stereocenters. The van der Waals surface area contributed by atoms with E-state index in [9.17, 15) is 9.59 Å². The first-order chi connectivity index (χ1) is 14.0. The van der Waals surface area contributed by atoms with Crippen molar-refractivity contribution in [1.29, 1.82) is 0 Å². The zero-order valence-electron chi connectivity index (χ0n) is 17.5. The van der Waals surface area contributed by atoms with Crippen molar-refractivity contribution >= 4 is 22.6 Å². The Kier molecular flexibility index (Phi) is 5.86. The Balaban J connectivity index is 1.44. The minimum atomic E-state index is -0.0708. The molecule has 2 amide bonds. The fraction of sp³-hybridized carbons (Fsp3) is 0.500. The molecule has 2 aliphatic heterocycles. The van der Waals surface area contributed by atoms with Gasteiger partial charge in [0.05, 0.1) is 5.92 Å².